The van der Waals surface area contributed by atoms with Crippen LogP contribution in [0.1, 0.15) is 35.9 Å². The van der Waals surface area contributed by atoms with E-state index in [1.165, 1.54) is 5.56 Å². The van der Waals surface area contributed by atoms with E-state index in [-0.39, 0.29) is 11.9 Å². The van der Waals surface area contributed by atoms with E-state index in [4.69, 9.17) is 4.52 Å². The van der Waals surface area contributed by atoms with Crippen LogP contribution in [0.3, 0.4) is 0 Å². The summed E-state index contributed by atoms with van der Waals surface area (Å²) in [6.45, 7) is 2.58. The molecule has 1 unspecified atom stereocenters. The third-order valence-electron chi connectivity index (χ3n) is 4.63. The molecule has 0 spiro atoms. The van der Waals surface area contributed by atoms with Gasteiger partial charge in [-0.15, -0.1) is 0 Å². The minimum Gasteiger partial charge on any atom is -0.337 e. The van der Waals surface area contributed by atoms with E-state index < -0.39 is 0 Å². The van der Waals surface area contributed by atoms with Crippen LogP contribution >= 0.6 is 15.9 Å². The highest BCUT2D eigenvalue weighted by Crippen LogP contribution is 2.34. The number of carbonyl (C=O) groups is 1. The number of halogens is 1. The van der Waals surface area contributed by atoms with Gasteiger partial charge in [0.1, 0.15) is 6.04 Å². The molecule has 0 saturated carbocycles. The first kappa shape index (κ1) is 17.0. The number of amides is 1. The topological polar surface area (TPSA) is 59.2 Å². The van der Waals surface area contributed by atoms with Gasteiger partial charge in [0.25, 0.3) is 0 Å². The summed E-state index contributed by atoms with van der Waals surface area (Å²) in [5, 5.41) is 4.11. The van der Waals surface area contributed by atoms with E-state index in [9.17, 15) is 4.79 Å². The Morgan fingerprint density at radius 3 is 2.62 bits per heavy atom. The molecule has 1 fully saturated rings. The van der Waals surface area contributed by atoms with Crippen molar-refractivity contribution in [1.29, 1.82) is 0 Å². The van der Waals surface area contributed by atoms with Crippen LogP contribution < -0.4 is 0 Å². The maximum Gasteiger partial charge on any atom is 0.249 e. The average molecular weight is 412 g/mol. The summed E-state index contributed by atoms with van der Waals surface area (Å²) in [5.74, 6) is 1.18. The van der Waals surface area contributed by atoms with Crippen molar-refractivity contribution in [1.82, 2.24) is 15.0 Å². The van der Waals surface area contributed by atoms with Crippen LogP contribution in [0.2, 0.25) is 0 Å². The summed E-state index contributed by atoms with van der Waals surface area (Å²) in [6, 6.07) is 15.8. The van der Waals surface area contributed by atoms with Crippen molar-refractivity contribution in [2.24, 2.45) is 0 Å². The highest BCUT2D eigenvalue weighted by Gasteiger charge is 2.36. The molecule has 1 atom stereocenters. The Morgan fingerprint density at radius 2 is 1.88 bits per heavy atom. The second-order valence-corrected chi connectivity index (χ2v) is 7.44. The third-order valence-corrected chi connectivity index (χ3v) is 5.16. The van der Waals surface area contributed by atoms with Crippen LogP contribution in [0.4, 0.5) is 0 Å². The average Bonchev–Trinajstić information content (AvgIpc) is 3.25. The summed E-state index contributed by atoms with van der Waals surface area (Å²) in [5.41, 5.74) is 3.17. The summed E-state index contributed by atoms with van der Waals surface area (Å²) in [7, 11) is 0. The summed E-state index contributed by atoms with van der Waals surface area (Å²) in [4.78, 5) is 18.8. The van der Waals surface area contributed by atoms with Gasteiger partial charge in [-0.25, -0.2) is 0 Å². The highest BCUT2D eigenvalue weighted by atomic mass is 79.9. The number of aryl methyl sites for hydroxylation is 1. The Kier molecular flexibility index (Phi) is 4.59. The summed E-state index contributed by atoms with van der Waals surface area (Å²) < 4.78 is 6.52. The number of likely N-dealkylation sites (tertiary alicyclic amines) is 1. The fraction of sp³-hybridized carbons (Fsp3) is 0.250. The molecule has 0 N–H and O–H groups in total. The van der Waals surface area contributed by atoms with Gasteiger partial charge >= 0.3 is 0 Å². The molecule has 1 aliphatic rings. The van der Waals surface area contributed by atoms with Gasteiger partial charge in [-0.05, 0) is 31.0 Å². The first-order valence-electron chi connectivity index (χ1n) is 8.55. The molecule has 6 heteroatoms. The molecule has 5 nitrogen and oxygen atoms in total. The van der Waals surface area contributed by atoms with E-state index in [1.807, 2.05) is 60.4 Å². The number of hydrogen-bond acceptors (Lipinski definition) is 4. The zero-order valence-corrected chi connectivity index (χ0v) is 15.9. The molecule has 26 heavy (non-hydrogen) atoms. The third kappa shape index (κ3) is 3.42. The minimum atomic E-state index is -0.169. The number of rotatable bonds is 4. The van der Waals surface area contributed by atoms with Crippen molar-refractivity contribution in [2.45, 2.75) is 32.4 Å². The van der Waals surface area contributed by atoms with E-state index in [0.717, 1.165) is 15.6 Å². The van der Waals surface area contributed by atoms with Crippen molar-refractivity contribution in [3.05, 3.63) is 70.0 Å². The van der Waals surface area contributed by atoms with Crippen LogP contribution in [0.15, 0.2) is 57.5 Å². The SMILES string of the molecule is Cc1ccc(-c2noc(C3CCC(=O)N3Cc3ccc(Br)cc3)n2)cc1. The molecule has 0 radical (unpaired) electrons. The summed E-state index contributed by atoms with van der Waals surface area (Å²) >= 11 is 3.43. The first-order chi connectivity index (χ1) is 12.6. The van der Waals surface area contributed by atoms with E-state index in [0.29, 0.717) is 31.1 Å². The number of nitrogens with zero attached hydrogens (tertiary/aromatic N) is 3. The molecule has 0 bridgehead atoms. The fourth-order valence-corrected chi connectivity index (χ4v) is 3.43. The molecule has 132 valence electrons. The number of benzene rings is 2. The molecular formula is C20H18BrN3O2. The van der Waals surface area contributed by atoms with Gasteiger partial charge in [0, 0.05) is 23.0 Å². The lowest BCUT2D eigenvalue weighted by atomic mass is 10.1. The number of carbonyl (C=O) groups excluding carboxylic acids is 1. The van der Waals surface area contributed by atoms with Gasteiger partial charge < -0.3 is 9.42 Å². The van der Waals surface area contributed by atoms with E-state index in [1.54, 1.807) is 0 Å². The van der Waals surface area contributed by atoms with E-state index >= 15 is 0 Å². The predicted molar refractivity (Wildman–Crippen MR) is 101 cm³/mol. The molecule has 1 aliphatic heterocycles. The maximum atomic E-state index is 12.4. The monoisotopic (exact) mass is 411 g/mol. The lowest BCUT2D eigenvalue weighted by molar-refractivity contribution is -0.129. The fourth-order valence-electron chi connectivity index (χ4n) is 3.17. The Hall–Kier alpha value is -2.47. The molecule has 1 aromatic heterocycles. The Morgan fingerprint density at radius 1 is 1.15 bits per heavy atom. The Labute approximate surface area is 160 Å². The Balaban J connectivity index is 1.57. The normalized spacial score (nSPS) is 17.1. The standard InChI is InChI=1S/C20H18BrN3O2/c1-13-2-6-15(7-3-13)19-22-20(26-23-19)17-10-11-18(25)24(17)12-14-4-8-16(21)9-5-14/h2-9,17H,10-12H2,1H3. The second kappa shape index (κ2) is 7.03. The van der Waals surface area contributed by atoms with Gasteiger partial charge in [-0.2, -0.15) is 4.98 Å². The van der Waals surface area contributed by atoms with Crippen molar-refractivity contribution < 1.29 is 9.32 Å². The number of hydrogen-bond donors (Lipinski definition) is 0. The predicted octanol–water partition coefficient (Wildman–Crippen LogP) is 4.67. The highest BCUT2D eigenvalue weighted by molar-refractivity contribution is 9.10. The smallest absolute Gasteiger partial charge is 0.249 e. The number of aromatic nitrogens is 2. The molecule has 3 aromatic rings. The van der Waals surface area contributed by atoms with Gasteiger partial charge in [0.15, 0.2) is 0 Å². The van der Waals surface area contributed by atoms with Crippen molar-refractivity contribution in [3.63, 3.8) is 0 Å². The largest absolute Gasteiger partial charge is 0.337 e. The molecule has 1 saturated heterocycles. The van der Waals surface area contributed by atoms with Crippen molar-refractivity contribution in [3.8, 4) is 11.4 Å². The minimum absolute atomic E-state index is 0.119. The van der Waals surface area contributed by atoms with Crippen molar-refractivity contribution >= 4 is 21.8 Å². The molecule has 2 heterocycles. The van der Waals surface area contributed by atoms with Crippen LogP contribution in [0.5, 0.6) is 0 Å². The van der Waals surface area contributed by atoms with Crippen LogP contribution in [0.25, 0.3) is 11.4 Å². The van der Waals surface area contributed by atoms with Gasteiger partial charge in [-0.1, -0.05) is 63.0 Å². The Bertz CT molecular complexity index is 919. The molecule has 1 amide bonds. The quantitative estimate of drug-likeness (QED) is 0.625. The second-order valence-electron chi connectivity index (χ2n) is 6.52. The van der Waals surface area contributed by atoms with Crippen LogP contribution in [-0.4, -0.2) is 20.9 Å². The van der Waals surface area contributed by atoms with Gasteiger partial charge in [0.2, 0.25) is 17.6 Å². The lowest BCUT2D eigenvalue weighted by Gasteiger charge is -2.22. The van der Waals surface area contributed by atoms with Crippen LogP contribution in [-0.2, 0) is 11.3 Å². The molecular weight excluding hydrogens is 394 g/mol. The van der Waals surface area contributed by atoms with Crippen molar-refractivity contribution in [2.75, 3.05) is 0 Å². The first-order valence-corrected chi connectivity index (χ1v) is 9.34. The van der Waals surface area contributed by atoms with Crippen LogP contribution in [0, 0.1) is 6.92 Å². The molecule has 2 aromatic carbocycles. The molecule has 0 aliphatic carbocycles. The van der Waals surface area contributed by atoms with E-state index in [2.05, 4.69) is 26.1 Å². The summed E-state index contributed by atoms with van der Waals surface area (Å²) in [6.07, 6.45) is 1.20. The molecule has 4 rings (SSSR count). The van der Waals surface area contributed by atoms with Gasteiger partial charge in [0.05, 0.1) is 0 Å². The zero-order valence-electron chi connectivity index (χ0n) is 14.4. The van der Waals surface area contributed by atoms with Gasteiger partial charge in [-0.3, -0.25) is 4.79 Å². The lowest BCUT2D eigenvalue weighted by Crippen LogP contribution is -2.27. The zero-order chi connectivity index (χ0) is 18.1. The maximum absolute atomic E-state index is 12.4.